The zero-order valence-electron chi connectivity index (χ0n) is 10.9. The van der Waals surface area contributed by atoms with E-state index in [0.29, 0.717) is 13.0 Å². The minimum atomic E-state index is -0.520. The fourth-order valence-corrected chi connectivity index (χ4v) is 3.33. The van der Waals surface area contributed by atoms with Gasteiger partial charge in [0.2, 0.25) is 5.91 Å². The summed E-state index contributed by atoms with van der Waals surface area (Å²) in [4.78, 5) is 24.2. The molecule has 0 aromatic heterocycles. The summed E-state index contributed by atoms with van der Waals surface area (Å²) in [5.41, 5.74) is 1.40. The molecule has 1 aromatic carbocycles. The monoisotopic (exact) mass is 259 g/mol. The van der Waals surface area contributed by atoms with E-state index >= 15 is 0 Å². The van der Waals surface area contributed by atoms with Crippen molar-refractivity contribution >= 4 is 17.6 Å². The number of hydrogen-bond donors (Lipinski definition) is 1. The topological polar surface area (TPSA) is 55.4 Å². The van der Waals surface area contributed by atoms with Crippen molar-refractivity contribution in [3.05, 3.63) is 29.8 Å². The van der Waals surface area contributed by atoms with Gasteiger partial charge in [-0.1, -0.05) is 18.2 Å². The van der Waals surface area contributed by atoms with E-state index in [1.165, 1.54) is 0 Å². The van der Waals surface area contributed by atoms with Crippen LogP contribution in [0.25, 0.3) is 0 Å². The fourth-order valence-electron chi connectivity index (χ4n) is 3.33. The SMILES string of the molecule is CCOC(=O)[C@H]1CC[C@]2(C1)C(=O)Nc1ccccc12. The lowest BCUT2D eigenvalue weighted by Gasteiger charge is -2.21. The van der Waals surface area contributed by atoms with Crippen LogP contribution in [0.15, 0.2) is 24.3 Å². The van der Waals surface area contributed by atoms with Crippen LogP contribution in [0.4, 0.5) is 5.69 Å². The van der Waals surface area contributed by atoms with E-state index in [4.69, 9.17) is 4.74 Å². The van der Waals surface area contributed by atoms with Crippen molar-refractivity contribution in [2.75, 3.05) is 11.9 Å². The Balaban J connectivity index is 1.90. The highest BCUT2D eigenvalue weighted by Gasteiger charge is 2.52. The Morgan fingerprint density at radius 1 is 1.47 bits per heavy atom. The quantitative estimate of drug-likeness (QED) is 0.829. The van der Waals surface area contributed by atoms with Crippen LogP contribution in [0.3, 0.4) is 0 Å². The van der Waals surface area contributed by atoms with E-state index in [2.05, 4.69) is 5.32 Å². The van der Waals surface area contributed by atoms with Crippen LogP contribution < -0.4 is 5.32 Å². The third kappa shape index (κ3) is 1.74. The minimum Gasteiger partial charge on any atom is -0.466 e. The van der Waals surface area contributed by atoms with Crippen LogP contribution in [-0.2, 0) is 19.7 Å². The number of anilines is 1. The highest BCUT2D eigenvalue weighted by Crippen LogP contribution is 2.50. The Morgan fingerprint density at radius 3 is 3.05 bits per heavy atom. The first-order valence-corrected chi connectivity index (χ1v) is 6.75. The maximum atomic E-state index is 12.3. The molecule has 1 aliphatic heterocycles. The largest absolute Gasteiger partial charge is 0.466 e. The zero-order valence-corrected chi connectivity index (χ0v) is 10.9. The first-order chi connectivity index (χ1) is 9.17. The molecule has 100 valence electrons. The Kier molecular flexibility index (Phi) is 2.81. The number of amides is 1. The predicted molar refractivity (Wildman–Crippen MR) is 70.7 cm³/mol. The second-order valence-corrected chi connectivity index (χ2v) is 5.27. The van der Waals surface area contributed by atoms with Crippen molar-refractivity contribution in [3.63, 3.8) is 0 Å². The van der Waals surface area contributed by atoms with Gasteiger partial charge in [0.05, 0.1) is 17.9 Å². The molecule has 0 unspecified atom stereocenters. The summed E-state index contributed by atoms with van der Waals surface area (Å²) >= 11 is 0. The summed E-state index contributed by atoms with van der Waals surface area (Å²) in [6.07, 6.45) is 2.01. The molecule has 0 radical (unpaired) electrons. The summed E-state index contributed by atoms with van der Waals surface area (Å²) in [5, 5.41) is 2.93. The lowest BCUT2D eigenvalue weighted by atomic mass is 9.79. The molecule has 2 aliphatic rings. The van der Waals surface area contributed by atoms with Gasteiger partial charge >= 0.3 is 5.97 Å². The highest BCUT2D eigenvalue weighted by atomic mass is 16.5. The molecule has 0 bridgehead atoms. The van der Waals surface area contributed by atoms with Crippen LogP contribution in [0, 0.1) is 5.92 Å². The Morgan fingerprint density at radius 2 is 2.26 bits per heavy atom. The maximum Gasteiger partial charge on any atom is 0.308 e. The molecular formula is C15H17NO3. The van der Waals surface area contributed by atoms with Gasteiger partial charge in [-0.25, -0.2) is 0 Å². The van der Waals surface area contributed by atoms with Crippen molar-refractivity contribution < 1.29 is 14.3 Å². The molecule has 4 nitrogen and oxygen atoms in total. The molecule has 19 heavy (non-hydrogen) atoms. The van der Waals surface area contributed by atoms with Gasteiger partial charge in [0.25, 0.3) is 0 Å². The standard InChI is InChI=1S/C15H17NO3/c1-2-19-13(17)10-7-8-15(9-10)11-5-3-4-6-12(11)16-14(15)18/h3-6,10H,2,7-9H2,1H3,(H,16,18)/t10-,15+/m0/s1. The molecule has 1 fully saturated rings. The molecule has 1 amide bonds. The van der Waals surface area contributed by atoms with Crippen LogP contribution in [0.1, 0.15) is 31.7 Å². The van der Waals surface area contributed by atoms with Crippen LogP contribution in [0.2, 0.25) is 0 Å². The third-order valence-corrected chi connectivity index (χ3v) is 4.26. The van der Waals surface area contributed by atoms with E-state index in [9.17, 15) is 9.59 Å². The third-order valence-electron chi connectivity index (χ3n) is 4.26. The molecule has 1 saturated carbocycles. The summed E-state index contributed by atoms with van der Waals surface area (Å²) in [5.74, 6) is -0.297. The number of carbonyl (C=O) groups excluding carboxylic acids is 2. The van der Waals surface area contributed by atoms with Crippen molar-refractivity contribution in [3.8, 4) is 0 Å². The summed E-state index contributed by atoms with van der Waals surface area (Å²) in [7, 11) is 0. The van der Waals surface area contributed by atoms with Gasteiger partial charge in [-0.05, 0) is 37.8 Å². The normalized spacial score (nSPS) is 28.3. The van der Waals surface area contributed by atoms with Crippen LogP contribution in [-0.4, -0.2) is 18.5 Å². The number of rotatable bonds is 2. The maximum absolute atomic E-state index is 12.3. The second-order valence-electron chi connectivity index (χ2n) is 5.27. The van der Waals surface area contributed by atoms with Gasteiger partial charge in [0.1, 0.15) is 0 Å². The van der Waals surface area contributed by atoms with Crippen molar-refractivity contribution in [2.45, 2.75) is 31.6 Å². The Bertz CT molecular complexity index is 540. The molecule has 1 spiro atoms. The lowest BCUT2D eigenvalue weighted by molar-refractivity contribution is -0.147. The number of benzene rings is 1. The highest BCUT2D eigenvalue weighted by molar-refractivity contribution is 6.06. The van der Waals surface area contributed by atoms with Crippen molar-refractivity contribution in [2.24, 2.45) is 5.92 Å². The summed E-state index contributed by atoms with van der Waals surface area (Å²) in [6.45, 7) is 2.20. The molecule has 1 N–H and O–H groups in total. The van der Waals surface area contributed by atoms with Crippen molar-refractivity contribution in [1.82, 2.24) is 0 Å². The molecular weight excluding hydrogens is 242 g/mol. The Labute approximate surface area is 112 Å². The van der Waals surface area contributed by atoms with Gasteiger partial charge in [-0.3, -0.25) is 9.59 Å². The van der Waals surface area contributed by atoms with E-state index in [-0.39, 0.29) is 17.8 Å². The molecule has 1 aliphatic carbocycles. The summed E-state index contributed by atoms with van der Waals surface area (Å²) in [6, 6.07) is 7.76. The second kappa shape index (κ2) is 4.37. The van der Waals surface area contributed by atoms with E-state index in [1.54, 1.807) is 6.92 Å². The minimum absolute atomic E-state index is 0.0282. The molecule has 2 atom stereocenters. The smallest absolute Gasteiger partial charge is 0.308 e. The number of para-hydroxylation sites is 1. The van der Waals surface area contributed by atoms with Gasteiger partial charge in [0.15, 0.2) is 0 Å². The average molecular weight is 259 g/mol. The van der Waals surface area contributed by atoms with Gasteiger partial charge < -0.3 is 10.1 Å². The fraction of sp³-hybridized carbons (Fsp3) is 0.467. The average Bonchev–Trinajstić information content (AvgIpc) is 2.96. The first kappa shape index (κ1) is 12.2. The van der Waals surface area contributed by atoms with Gasteiger partial charge in [0, 0.05) is 5.69 Å². The lowest BCUT2D eigenvalue weighted by Crippen LogP contribution is -2.32. The van der Waals surface area contributed by atoms with E-state index in [0.717, 1.165) is 24.1 Å². The molecule has 3 rings (SSSR count). The zero-order chi connectivity index (χ0) is 13.5. The number of nitrogens with one attached hydrogen (secondary N) is 1. The number of ether oxygens (including phenoxy) is 1. The van der Waals surface area contributed by atoms with Gasteiger partial charge in [-0.2, -0.15) is 0 Å². The number of hydrogen-bond acceptors (Lipinski definition) is 3. The molecule has 4 heteroatoms. The molecule has 1 aromatic rings. The number of esters is 1. The molecule has 1 heterocycles. The van der Waals surface area contributed by atoms with Crippen LogP contribution >= 0.6 is 0 Å². The van der Waals surface area contributed by atoms with E-state index in [1.807, 2.05) is 24.3 Å². The molecule has 0 saturated heterocycles. The van der Waals surface area contributed by atoms with Gasteiger partial charge in [-0.15, -0.1) is 0 Å². The van der Waals surface area contributed by atoms with E-state index < -0.39 is 5.41 Å². The van der Waals surface area contributed by atoms with Crippen molar-refractivity contribution in [1.29, 1.82) is 0 Å². The number of carbonyl (C=O) groups is 2. The van der Waals surface area contributed by atoms with Crippen LogP contribution in [0.5, 0.6) is 0 Å². The predicted octanol–water partition coefficient (Wildman–Crippen LogP) is 2.24. The Hall–Kier alpha value is -1.84. The first-order valence-electron chi connectivity index (χ1n) is 6.75. The number of fused-ring (bicyclic) bond motifs is 2. The summed E-state index contributed by atoms with van der Waals surface area (Å²) < 4.78 is 5.08.